The van der Waals surface area contributed by atoms with E-state index < -0.39 is 5.97 Å². The van der Waals surface area contributed by atoms with E-state index in [1.807, 2.05) is 6.07 Å². The molecule has 18 heavy (non-hydrogen) atoms. The molecule has 0 bridgehead atoms. The number of aromatic carboxylic acids is 1. The SMILES string of the molecule is O=C(O)c1cccn2c(-c3cccnc3)nnc12. The molecule has 0 fully saturated rings. The number of hydrogen-bond acceptors (Lipinski definition) is 4. The predicted molar refractivity (Wildman–Crippen MR) is 63.2 cm³/mol. The minimum absolute atomic E-state index is 0.125. The maximum atomic E-state index is 11.1. The van der Waals surface area contributed by atoms with Gasteiger partial charge in [-0.25, -0.2) is 4.79 Å². The molecule has 0 saturated carbocycles. The zero-order valence-electron chi connectivity index (χ0n) is 9.19. The zero-order chi connectivity index (χ0) is 12.5. The van der Waals surface area contributed by atoms with Gasteiger partial charge in [-0.3, -0.25) is 9.38 Å². The van der Waals surface area contributed by atoms with Gasteiger partial charge in [0.05, 0.1) is 0 Å². The van der Waals surface area contributed by atoms with Crippen molar-refractivity contribution in [2.45, 2.75) is 0 Å². The quantitative estimate of drug-likeness (QED) is 0.734. The summed E-state index contributed by atoms with van der Waals surface area (Å²) in [5.74, 6) is -0.452. The zero-order valence-corrected chi connectivity index (χ0v) is 9.19. The smallest absolute Gasteiger partial charge is 0.339 e. The Bertz CT molecular complexity index is 721. The molecule has 0 aliphatic carbocycles. The molecule has 88 valence electrons. The van der Waals surface area contributed by atoms with Gasteiger partial charge in [0.1, 0.15) is 5.56 Å². The molecule has 0 atom stereocenters. The third-order valence-electron chi connectivity index (χ3n) is 2.58. The number of rotatable bonds is 2. The first-order valence-electron chi connectivity index (χ1n) is 5.25. The van der Waals surface area contributed by atoms with E-state index in [2.05, 4.69) is 15.2 Å². The maximum absolute atomic E-state index is 11.1. The van der Waals surface area contributed by atoms with E-state index in [0.717, 1.165) is 5.56 Å². The minimum Gasteiger partial charge on any atom is -0.478 e. The lowest BCUT2D eigenvalue weighted by atomic mass is 10.2. The van der Waals surface area contributed by atoms with Gasteiger partial charge in [0.2, 0.25) is 0 Å². The summed E-state index contributed by atoms with van der Waals surface area (Å²) >= 11 is 0. The van der Waals surface area contributed by atoms with Gasteiger partial charge in [0.15, 0.2) is 11.5 Å². The van der Waals surface area contributed by atoms with Crippen molar-refractivity contribution in [1.29, 1.82) is 0 Å². The van der Waals surface area contributed by atoms with E-state index >= 15 is 0 Å². The second-order valence-electron chi connectivity index (χ2n) is 3.69. The molecule has 3 aromatic heterocycles. The topological polar surface area (TPSA) is 80.4 Å². The molecule has 3 aromatic rings. The average molecular weight is 240 g/mol. The molecule has 6 nitrogen and oxygen atoms in total. The van der Waals surface area contributed by atoms with E-state index in [-0.39, 0.29) is 5.56 Å². The highest BCUT2D eigenvalue weighted by atomic mass is 16.4. The molecular weight excluding hydrogens is 232 g/mol. The van der Waals surface area contributed by atoms with Crippen LogP contribution in [0.5, 0.6) is 0 Å². The number of pyridine rings is 2. The molecule has 1 N–H and O–H groups in total. The summed E-state index contributed by atoms with van der Waals surface area (Å²) in [4.78, 5) is 15.1. The molecule has 0 saturated heterocycles. The maximum Gasteiger partial charge on any atom is 0.339 e. The molecular formula is C12H8N4O2. The number of nitrogens with zero attached hydrogens (tertiary/aromatic N) is 4. The van der Waals surface area contributed by atoms with Gasteiger partial charge in [-0.05, 0) is 24.3 Å². The molecule has 3 rings (SSSR count). The Balaban J connectivity index is 2.28. The number of carbonyl (C=O) groups is 1. The fraction of sp³-hybridized carbons (Fsp3) is 0. The Morgan fingerprint density at radius 2 is 2.11 bits per heavy atom. The van der Waals surface area contributed by atoms with Gasteiger partial charge in [0, 0.05) is 24.2 Å². The van der Waals surface area contributed by atoms with Crippen molar-refractivity contribution < 1.29 is 9.90 Å². The summed E-state index contributed by atoms with van der Waals surface area (Å²) in [6, 6.07) is 6.79. The average Bonchev–Trinajstić information content (AvgIpc) is 2.83. The van der Waals surface area contributed by atoms with Crippen LogP contribution >= 0.6 is 0 Å². The van der Waals surface area contributed by atoms with Gasteiger partial charge in [-0.1, -0.05) is 0 Å². The molecule has 0 spiro atoms. The fourth-order valence-electron chi connectivity index (χ4n) is 1.77. The van der Waals surface area contributed by atoms with E-state index in [1.54, 1.807) is 35.1 Å². The first-order chi connectivity index (χ1) is 8.77. The molecule has 0 radical (unpaired) electrons. The van der Waals surface area contributed by atoms with Gasteiger partial charge in [-0.15, -0.1) is 10.2 Å². The van der Waals surface area contributed by atoms with Crippen LogP contribution in [0.3, 0.4) is 0 Å². The van der Waals surface area contributed by atoms with Crippen molar-refractivity contribution in [2.24, 2.45) is 0 Å². The summed E-state index contributed by atoms with van der Waals surface area (Å²) in [7, 11) is 0. The summed E-state index contributed by atoms with van der Waals surface area (Å²) in [6.07, 6.45) is 5.05. The van der Waals surface area contributed by atoms with Crippen molar-refractivity contribution in [3.05, 3.63) is 48.4 Å². The standard InChI is InChI=1S/C12H8N4O2/c17-12(18)9-4-2-6-16-10(14-15-11(9)16)8-3-1-5-13-7-8/h1-7H,(H,17,18). The largest absolute Gasteiger partial charge is 0.478 e. The highest BCUT2D eigenvalue weighted by Crippen LogP contribution is 2.18. The monoisotopic (exact) mass is 240 g/mol. The number of hydrogen-bond donors (Lipinski definition) is 1. The van der Waals surface area contributed by atoms with Gasteiger partial charge < -0.3 is 5.11 Å². The molecule has 0 aliphatic heterocycles. The number of aromatic nitrogens is 4. The lowest BCUT2D eigenvalue weighted by molar-refractivity contribution is 0.0698. The number of carboxylic acid groups (broad SMARTS) is 1. The summed E-state index contributed by atoms with van der Waals surface area (Å²) in [5, 5.41) is 17.0. The van der Waals surface area contributed by atoms with E-state index in [4.69, 9.17) is 5.11 Å². The van der Waals surface area contributed by atoms with Crippen molar-refractivity contribution in [2.75, 3.05) is 0 Å². The Kier molecular flexibility index (Phi) is 2.26. The van der Waals surface area contributed by atoms with Crippen molar-refractivity contribution in [1.82, 2.24) is 19.6 Å². The second kappa shape index (κ2) is 3.92. The number of carboxylic acids is 1. The normalized spacial score (nSPS) is 10.7. The molecule has 0 unspecified atom stereocenters. The molecule has 0 aliphatic rings. The van der Waals surface area contributed by atoms with Gasteiger partial charge in [0.25, 0.3) is 0 Å². The highest BCUT2D eigenvalue weighted by molar-refractivity contribution is 5.94. The van der Waals surface area contributed by atoms with Crippen molar-refractivity contribution >= 4 is 11.6 Å². The highest BCUT2D eigenvalue weighted by Gasteiger charge is 2.14. The summed E-state index contributed by atoms with van der Waals surface area (Å²) < 4.78 is 1.64. The van der Waals surface area contributed by atoms with Gasteiger partial charge >= 0.3 is 5.97 Å². The van der Waals surface area contributed by atoms with E-state index in [9.17, 15) is 4.79 Å². The second-order valence-corrected chi connectivity index (χ2v) is 3.69. The third kappa shape index (κ3) is 1.51. The third-order valence-corrected chi connectivity index (χ3v) is 2.58. The first-order valence-corrected chi connectivity index (χ1v) is 5.25. The van der Waals surface area contributed by atoms with Crippen LogP contribution in [0.1, 0.15) is 10.4 Å². The fourth-order valence-corrected chi connectivity index (χ4v) is 1.77. The lowest BCUT2D eigenvalue weighted by Gasteiger charge is -2.00. The van der Waals surface area contributed by atoms with Crippen LogP contribution < -0.4 is 0 Å². The van der Waals surface area contributed by atoms with Crippen molar-refractivity contribution in [3.8, 4) is 11.4 Å². The lowest BCUT2D eigenvalue weighted by Crippen LogP contribution is -2.00. The minimum atomic E-state index is -1.02. The van der Waals surface area contributed by atoms with Crippen LogP contribution in [-0.2, 0) is 0 Å². The Labute approximate surface area is 102 Å². The van der Waals surface area contributed by atoms with E-state index in [0.29, 0.717) is 11.5 Å². The number of fused-ring (bicyclic) bond motifs is 1. The first kappa shape index (κ1) is 10.4. The van der Waals surface area contributed by atoms with Crippen LogP contribution in [0.2, 0.25) is 0 Å². The Morgan fingerprint density at radius 3 is 2.83 bits per heavy atom. The summed E-state index contributed by atoms with van der Waals surface area (Å²) in [6.45, 7) is 0. The van der Waals surface area contributed by atoms with Gasteiger partial charge in [-0.2, -0.15) is 0 Å². The Hall–Kier alpha value is -2.76. The van der Waals surface area contributed by atoms with Crippen LogP contribution in [0.25, 0.3) is 17.0 Å². The van der Waals surface area contributed by atoms with Crippen LogP contribution in [0.15, 0.2) is 42.9 Å². The Morgan fingerprint density at radius 1 is 1.22 bits per heavy atom. The molecule has 0 aromatic carbocycles. The van der Waals surface area contributed by atoms with Crippen LogP contribution in [0, 0.1) is 0 Å². The predicted octanol–water partition coefficient (Wildman–Crippen LogP) is 1.49. The molecule has 6 heteroatoms. The summed E-state index contributed by atoms with van der Waals surface area (Å²) in [5.41, 5.74) is 1.23. The van der Waals surface area contributed by atoms with Crippen LogP contribution in [0.4, 0.5) is 0 Å². The molecule has 3 heterocycles. The van der Waals surface area contributed by atoms with Crippen molar-refractivity contribution in [3.63, 3.8) is 0 Å². The van der Waals surface area contributed by atoms with E-state index in [1.165, 1.54) is 6.07 Å². The molecule has 0 amide bonds. The van der Waals surface area contributed by atoms with Crippen LogP contribution in [-0.4, -0.2) is 30.7 Å².